The van der Waals surface area contributed by atoms with Crippen LogP contribution in [-0.4, -0.2) is 23.8 Å². The first-order valence-electron chi connectivity index (χ1n) is 7.06. The SMILES string of the molecule is Cc1cc(C=Cc2ccc(N(C)C)cc2O)[n+](C)c(=O)n1C.[Cl-]. The van der Waals surface area contributed by atoms with Crippen LogP contribution >= 0.6 is 0 Å². The molecule has 0 atom stereocenters. The standard InChI is InChI=1S/C17H21N3O2.ClH/c1-12-10-15(20(5)17(22)19(12)4)9-7-13-6-8-14(18(2)3)11-16(13)21;/h6-11H,1-5H3;1H. The Bertz CT molecular complexity index is 795. The molecule has 124 valence electrons. The van der Waals surface area contributed by atoms with Gasteiger partial charge in [-0.3, -0.25) is 0 Å². The summed E-state index contributed by atoms with van der Waals surface area (Å²) < 4.78 is 3.18. The van der Waals surface area contributed by atoms with Gasteiger partial charge in [0.05, 0.1) is 14.1 Å². The third-order valence-electron chi connectivity index (χ3n) is 3.81. The van der Waals surface area contributed by atoms with Gasteiger partial charge in [0, 0.05) is 37.5 Å². The molecule has 0 saturated carbocycles. The monoisotopic (exact) mass is 335 g/mol. The predicted octanol–water partition coefficient (Wildman–Crippen LogP) is -1.54. The van der Waals surface area contributed by atoms with Crippen LogP contribution in [0.15, 0.2) is 29.1 Å². The lowest BCUT2D eigenvalue weighted by molar-refractivity contribution is -0.692. The van der Waals surface area contributed by atoms with E-state index in [0.29, 0.717) is 5.56 Å². The van der Waals surface area contributed by atoms with Crippen molar-refractivity contribution < 1.29 is 22.1 Å². The lowest BCUT2D eigenvalue weighted by Gasteiger charge is -2.13. The van der Waals surface area contributed by atoms with Gasteiger partial charge in [0.25, 0.3) is 0 Å². The molecule has 5 nitrogen and oxygen atoms in total. The zero-order chi connectivity index (χ0) is 16.4. The molecule has 6 heteroatoms. The molecule has 0 aliphatic heterocycles. The van der Waals surface area contributed by atoms with Crippen LogP contribution in [0.2, 0.25) is 0 Å². The molecule has 0 aliphatic carbocycles. The number of benzene rings is 1. The number of anilines is 1. The Morgan fingerprint density at radius 3 is 2.43 bits per heavy atom. The van der Waals surface area contributed by atoms with Crippen LogP contribution in [0, 0.1) is 6.92 Å². The number of hydrogen-bond acceptors (Lipinski definition) is 3. The number of halogens is 1. The minimum Gasteiger partial charge on any atom is -1.00 e. The number of aromatic hydroxyl groups is 1. The van der Waals surface area contributed by atoms with Gasteiger partial charge >= 0.3 is 5.69 Å². The van der Waals surface area contributed by atoms with Gasteiger partial charge in [-0.05, 0) is 31.2 Å². The quantitative estimate of drug-likeness (QED) is 0.692. The van der Waals surface area contributed by atoms with Gasteiger partial charge in [-0.2, -0.15) is 13.9 Å². The topological polar surface area (TPSA) is 49.4 Å². The molecule has 2 rings (SSSR count). The smallest absolute Gasteiger partial charge is 0.498 e. The average molecular weight is 336 g/mol. The number of aromatic nitrogens is 2. The summed E-state index contributed by atoms with van der Waals surface area (Å²) >= 11 is 0. The number of phenolic OH excluding ortho intramolecular Hbond substituents is 1. The normalized spacial score (nSPS) is 10.7. The Labute approximate surface area is 142 Å². The summed E-state index contributed by atoms with van der Waals surface area (Å²) in [5, 5.41) is 10.1. The highest BCUT2D eigenvalue weighted by Crippen LogP contribution is 2.25. The van der Waals surface area contributed by atoms with Crippen molar-refractivity contribution in [3.8, 4) is 5.75 Å². The molecule has 1 aromatic carbocycles. The Kier molecular flexibility index (Phi) is 5.98. The Morgan fingerprint density at radius 1 is 1.22 bits per heavy atom. The third kappa shape index (κ3) is 3.93. The van der Waals surface area contributed by atoms with E-state index < -0.39 is 0 Å². The van der Waals surface area contributed by atoms with Crippen molar-refractivity contribution >= 4 is 17.8 Å². The highest BCUT2D eigenvalue weighted by atomic mass is 35.5. The van der Waals surface area contributed by atoms with Crippen molar-refractivity contribution in [2.24, 2.45) is 14.1 Å². The van der Waals surface area contributed by atoms with Gasteiger partial charge in [-0.15, -0.1) is 0 Å². The van der Waals surface area contributed by atoms with Crippen molar-refractivity contribution in [2.75, 3.05) is 19.0 Å². The van der Waals surface area contributed by atoms with Gasteiger partial charge in [0.1, 0.15) is 17.1 Å². The van der Waals surface area contributed by atoms with E-state index in [1.54, 1.807) is 29.3 Å². The van der Waals surface area contributed by atoms with Crippen LogP contribution < -0.4 is 27.6 Å². The molecule has 1 N–H and O–H groups in total. The summed E-state index contributed by atoms with van der Waals surface area (Å²) in [6, 6.07) is 7.45. The number of phenols is 1. The van der Waals surface area contributed by atoms with Gasteiger partial charge in [-0.1, -0.05) is 0 Å². The van der Waals surface area contributed by atoms with E-state index in [1.807, 2.05) is 56.3 Å². The van der Waals surface area contributed by atoms with Gasteiger partial charge in [-0.25, -0.2) is 0 Å². The van der Waals surface area contributed by atoms with E-state index >= 15 is 0 Å². The zero-order valence-corrected chi connectivity index (χ0v) is 14.8. The highest BCUT2D eigenvalue weighted by Gasteiger charge is 2.11. The second-order valence-corrected chi connectivity index (χ2v) is 5.58. The van der Waals surface area contributed by atoms with E-state index in [1.165, 1.54) is 0 Å². The second kappa shape index (κ2) is 7.33. The molecule has 0 bridgehead atoms. The zero-order valence-electron chi connectivity index (χ0n) is 14.0. The molecule has 23 heavy (non-hydrogen) atoms. The van der Waals surface area contributed by atoms with Gasteiger partial charge in [0.2, 0.25) is 0 Å². The number of rotatable bonds is 3. The maximum absolute atomic E-state index is 12.0. The summed E-state index contributed by atoms with van der Waals surface area (Å²) in [4.78, 5) is 14.0. The van der Waals surface area contributed by atoms with Gasteiger partial charge < -0.3 is 22.4 Å². The second-order valence-electron chi connectivity index (χ2n) is 5.58. The molecular weight excluding hydrogens is 314 g/mol. The van der Waals surface area contributed by atoms with Crippen LogP contribution in [0.1, 0.15) is 17.0 Å². The van der Waals surface area contributed by atoms with Crippen LogP contribution in [-0.2, 0) is 14.1 Å². The molecule has 0 unspecified atom stereocenters. The van der Waals surface area contributed by atoms with Crippen LogP contribution in [0.5, 0.6) is 5.75 Å². The molecule has 0 saturated heterocycles. The molecular formula is C17H22ClN3O2. The lowest BCUT2D eigenvalue weighted by atomic mass is 10.1. The van der Waals surface area contributed by atoms with E-state index in [4.69, 9.17) is 0 Å². The van der Waals surface area contributed by atoms with Crippen molar-refractivity contribution in [2.45, 2.75) is 6.92 Å². The van der Waals surface area contributed by atoms with Gasteiger partial charge in [0.15, 0.2) is 0 Å². The molecule has 1 heterocycles. The fourth-order valence-corrected chi connectivity index (χ4v) is 2.18. The molecule has 0 fully saturated rings. The average Bonchev–Trinajstić information content (AvgIpc) is 2.48. The summed E-state index contributed by atoms with van der Waals surface area (Å²) in [6.45, 7) is 1.89. The number of aryl methyl sites for hydroxylation is 1. The fraction of sp³-hybridized carbons (Fsp3) is 0.294. The van der Waals surface area contributed by atoms with Crippen molar-refractivity contribution in [3.63, 3.8) is 0 Å². The van der Waals surface area contributed by atoms with Crippen molar-refractivity contribution in [3.05, 3.63) is 51.7 Å². The van der Waals surface area contributed by atoms with Crippen molar-refractivity contribution in [1.29, 1.82) is 0 Å². The van der Waals surface area contributed by atoms with E-state index in [0.717, 1.165) is 17.1 Å². The first kappa shape index (κ1) is 18.8. The summed E-state index contributed by atoms with van der Waals surface area (Å²) in [7, 11) is 7.33. The van der Waals surface area contributed by atoms with Crippen LogP contribution in [0.3, 0.4) is 0 Å². The lowest BCUT2D eigenvalue weighted by Crippen LogP contribution is -3.00. The van der Waals surface area contributed by atoms with E-state index in [9.17, 15) is 9.90 Å². The molecule has 1 aromatic heterocycles. The maximum atomic E-state index is 12.0. The Balaban J connectivity index is 0.00000264. The number of nitrogens with zero attached hydrogens (tertiary/aromatic N) is 3. The summed E-state index contributed by atoms with van der Waals surface area (Å²) in [6.07, 6.45) is 3.64. The summed E-state index contributed by atoms with van der Waals surface area (Å²) in [5.41, 5.74) is 3.24. The molecule has 2 aromatic rings. The Hall–Kier alpha value is -2.27. The minimum absolute atomic E-state index is 0. The predicted molar refractivity (Wildman–Crippen MR) is 89.0 cm³/mol. The Morgan fingerprint density at radius 2 is 1.87 bits per heavy atom. The summed E-state index contributed by atoms with van der Waals surface area (Å²) in [5.74, 6) is 0.214. The van der Waals surface area contributed by atoms with E-state index in [2.05, 4.69) is 0 Å². The maximum Gasteiger partial charge on any atom is 0.498 e. The third-order valence-corrected chi connectivity index (χ3v) is 3.81. The number of hydrogen-bond donors (Lipinski definition) is 1. The first-order valence-corrected chi connectivity index (χ1v) is 7.06. The molecule has 0 aliphatic rings. The largest absolute Gasteiger partial charge is 1.00 e. The van der Waals surface area contributed by atoms with Crippen molar-refractivity contribution in [1.82, 2.24) is 4.57 Å². The first-order chi connectivity index (χ1) is 10.3. The van der Waals surface area contributed by atoms with Crippen LogP contribution in [0.4, 0.5) is 5.69 Å². The van der Waals surface area contributed by atoms with E-state index in [-0.39, 0.29) is 23.8 Å². The van der Waals surface area contributed by atoms with Crippen LogP contribution in [0.25, 0.3) is 12.2 Å². The minimum atomic E-state index is -0.0770. The fourth-order valence-electron chi connectivity index (χ4n) is 2.18. The molecule has 0 radical (unpaired) electrons. The highest BCUT2D eigenvalue weighted by molar-refractivity contribution is 5.72. The molecule has 0 spiro atoms. The molecule has 0 amide bonds.